The third-order valence-corrected chi connectivity index (χ3v) is 4.15. The van der Waals surface area contributed by atoms with Crippen molar-refractivity contribution < 1.29 is 19.0 Å². The third-order valence-electron chi connectivity index (χ3n) is 3.86. The Morgan fingerprint density at radius 2 is 2.36 bits per heavy atom. The van der Waals surface area contributed by atoms with E-state index in [0.717, 1.165) is 12.8 Å². The Morgan fingerprint density at radius 1 is 1.59 bits per heavy atom. The summed E-state index contributed by atoms with van der Waals surface area (Å²) in [7, 11) is 0. The van der Waals surface area contributed by atoms with E-state index in [1.165, 1.54) is 11.0 Å². The molecule has 1 aliphatic rings. The van der Waals surface area contributed by atoms with Gasteiger partial charge < -0.3 is 20.5 Å². The Morgan fingerprint density at radius 3 is 3.05 bits per heavy atom. The largest absolute Gasteiger partial charge is 0.465 e. The van der Waals surface area contributed by atoms with Crippen molar-refractivity contribution in [2.45, 2.75) is 18.9 Å². The van der Waals surface area contributed by atoms with Gasteiger partial charge in [0.15, 0.2) is 0 Å². The van der Waals surface area contributed by atoms with Gasteiger partial charge in [0.2, 0.25) is 0 Å². The van der Waals surface area contributed by atoms with Crippen molar-refractivity contribution >= 4 is 17.7 Å². The monoisotopic (exact) mass is 330 g/mol. The van der Waals surface area contributed by atoms with Gasteiger partial charge in [-0.15, -0.1) is 0 Å². The number of piperidine rings is 1. The van der Waals surface area contributed by atoms with Crippen LogP contribution in [0.15, 0.2) is 18.2 Å². The minimum absolute atomic E-state index is 0.0322. The first-order valence-electron chi connectivity index (χ1n) is 7.28. The number of carboxylic acid groups (broad SMARTS) is 1. The van der Waals surface area contributed by atoms with Crippen molar-refractivity contribution in [3.63, 3.8) is 0 Å². The van der Waals surface area contributed by atoms with Gasteiger partial charge in [-0.05, 0) is 18.9 Å². The second-order valence-corrected chi connectivity index (χ2v) is 5.76. The van der Waals surface area contributed by atoms with E-state index in [-0.39, 0.29) is 17.5 Å². The number of benzene rings is 1. The first-order valence-corrected chi connectivity index (χ1v) is 7.65. The average Bonchev–Trinajstić information content (AvgIpc) is 2.52. The summed E-state index contributed by atoms with van der Waals surface area (Å²) in [6.45, 7) is 1.40. The van der Waals surface area contributed by atoms with Crippen LogP contribution in [0.3, 0.4) is 0 Å². The number of carbonyl (C=O) groups is 1. The quantitative estimate of drug-likeness (QED) is 0.870. The highest BCUT2D eigenvalue weighted by Gasteiger charge is 2.32. The molecule has 1 unspecified atom stereocenters. The first kappa shape index (κ1) is 17.0. The van der Waals surface area contributed by atoms with Gasteiger partial charge in [0.05, 0.1) is 17.7 Å². The van der Waals surface area contributed by atoms with Crippen LogP contribution in [0.2, 0.25) is 5.02 Å². The van der Waals surface area contributed by atoms with Gasteiger partial charge in [-0.1, -0.05) is 23.7 Å². The highest BCUT2D eigenvalue weighted by molar-refractivity contribution is 6.30. The lowest BCUT2D eigenvalue weighted by Gasteiger charge is -2.35. The Kier molecular flexibility index (Phi) is 5.99. The van der Waals surface area contributed by atoms with Gasteiger partial charge in [-0.2, -0.15) is 0 Å². The molecule has 0 radical (unpaired) electrons. The maximum Gasteiger partial charge on any atom is 0.407 e. The summed E-state index contributed by atoms with van der Waals surface area (Å²) < 4.78 is 20.1. The van der Waals surface area contributed by atoms with Crippen LogP contribution >= 0.6 is 11.6 Å². The van der Waals surface area contributed by atoms with E-state index < -0.39 is 18.0 Å². The Bertz CT molecular complexity index is 530. The Balaban J connectivity index is 2.25. The second kappa shape index (κ2) is 7.76. The van der Waals surface area contributed by atoms with Crippen molar-refractivity contribution in [3.05, 3.63) is 34.6 Å². The number of amides is 1. The lowest BCUT2D eigenvalue weighted by atomic mass is 9.88. The molecule has 0 aromatic heterocycles. The number of nitrogens with two attached hydrogens (primary N) is 1. The third kappa shape index (κ3) is 3.88. The molecule has 1 saturated heterocycles. The normalized spacial score (nSPS) is 20.0. The summed E-state index contributed by atoms with van der Waals surface area (Å²) in [6.07, 6.45) is -0.0229. The maximum absolute atomic E-state index is 14.3. The molecule has 22 heavy (non-hydrogen) atoms. The van der Waals surface area contributed by atoms with Crippen molar-refractivity contribution in [2.24, 2.45) is 11.7 Å². The lowest BCUT2D eigenvalue weighted by Crippen LogP contribution is -2.41. The summed E-state index contributed by atoms with van der Waals surface area (Å²) in [5, 5.41) is 9.19. The predicted molar refractivity (Wildman–Crippen MR) is 81.5 cm³/mol. The molecule has 1 heterocycles. The average molecular weight is 331 g/mol. The summed E-state index contributed by atoms with van der Waals surface area (Å²) in [5.41, 5.74) is 5.84. The number of nitrogens with zero attached hydrogens (tertiary/aromatic N) is 1. The van der Waals surface area contributed by atoms with E-state index >= 15 is 0 Å². The molecule has 3 N–H and O–H groups in total. The molecular formula is C15H20ClFN2O3. The van der Waals surface area contributed by atoms with E-state index in [4.69, 9.17) is 27.2 Å². The molecule has 1 aromatic rings. The van der Waals surface area contributed by atoms with E-state index in [2.05, 4.69) is 0 Å². The molecule has 1 fully saturated rings. The zero-order chi connectivity index (χ0) is 16.1. The molecule has 1 aromatic carbocycles. The van der Waals surface area contributed by atoms with Crippen LogP contribution in [-0.2, 0) is 4.74 Å². The van der Waals surface area contributed by atoms with E-state index in [0.29, 0.717) is 25.2 Å². The van der Waals surface area contributed by atoms with Gasteiger partial charge in [0, 0.05) is 31.1 Å². The standard InChI is InChI=1S/C15H20ClFN2O3/c16-12-5-1-4-11(13(12)17)14(22-8-6-18)10-3-2-7-19(9-10)15(20)21/h1,4-5,10,14H,2-3,6-9,18H2,(H,20,21)/t10?,14-/m1/s1. The highest BCUT2D eigenvalue weighted by atomic mass is 35.5. The van der Waals surface area contributed by atoms with Gasteiger partial charge in [-0.25, -0.2) is 9.18 Å². The minimum atomic E-state index is -0.964. The number of hydrogen-bond donors (Lipinski definition) is 2. The van der Waals surface area contributed by atoms with Crippen molar-refractivity contribution in [3.8, 4) is 0 Å². The number of likely N-dealkylation sites (tertiary alicyclic amines) is 1. The molecule has 0 saturated carbocycles. The molecule has 0 aliphatic carbocycles. The first-order chi connectivity index (χ1) is 10.5. The lowest BCUT2D eigenvalue weighted by molar-refractivity contribution is -0.0116. The molecule has 0 spiro atoms. The fraction of sp³-hybridized carbons (Fsp3) is 0.533. The molecule has 0 bridgehead atoms. The summed E-state index contributed by atoms with van der Waals surface area (Å²) in [6, 6.07) is 4.77. The second-order valence-electron chi connectivity index (χ2n) is 5.35. The van der Waals surface area contributed by atoms with Crippen LogP contribution in [0.4, 0.5) is 9.18 Å². The minimum Gasteiger partial charge on any atom is -0.465 e. The van der Waals surface area contributed by atoms with Gasteiger partial charge in [0.25, 0.3) is 0 Å². The Hall–Kier alpha value is -1.37. The van der Waals surface area contributed by atoms with E-state index in [1.807, 2.05) is 0 Å². The fourth-order valence-electron chi connectivity index (χ4n) is 2.85. The zero-order valence-electron chi connectivity index (χ0n) is 12.2. The van der Waals surface area contributed by atoms with Crippen LogP contribution in [-0.4, -0.2) is 42.3 Å². The van der Waals surface area contributed by atoms with Gasteiger partial charge >= 0.3 is 6.09 Å². The Labute approximate surface area is 133 Å². The number of ether oxygens (including phenoxy) is 1. The van der Waals surface area contributed by atoms with E-state index in [9.17, 15) is 9.18 Å². The molecule has 122 valence electrons. The van der Waals surface area contributed by atoms with Crippen LogP contribution < -0.4 is 5.73 Å². The van der Waals surface area contributed by atoms with Crippen molar-refractivity contribution in [2.75, 3.05) is 26.2 Å². The molecule has 1 amide bonds. The van der Waals surface area contributed by atoms with Crippen molar-refractivity contribution in [1.29, 1.82) is 0 Å². The molecular weight excluding hydrogens is 311 g/mol. The van der Waals surface area contributed by atoms with E-state index in [1.54, 1.807) is 12.1 Å². The summed E-state index contributed by atoms with van der Waals surface area (Å²) in [4.78, 5) is 12.5. The topological polar surface area (TPSA) is 75.8 Å². The molecule has 5 nitrogen and oxygen atoms in total. The van der Waals surface area contributed by atoms with Crippen molar-refractivity contribution in [1.82, 2.24) is 4.90 Å². The maximum atomic E-state index is 14.3. The molecule has 1 aliphatic heterocycles. The van der Waals surface area contributed by atoms with Crippen LogP contribution in [0.1, 0.15) is 24.5 Å². The molecule has 2 rings (SSSR count). The fourth-order valence-corrected chi connectivity index (χ4v) is 3.03. The van der Waals surface area contributed by atoms with Crippen LogP contribution in [0.25, 0.3) is 0 Å². The predicted octanol–water partition coefficient (Wildman–Crippen LogP) is 2.89. The number of hydrogen-bond acceptors (Lipinski definition) is 3. The number of halogens is 2. The van der Waals surface area contributed by atoms with Crippen LogP contribution in [0, 0.1) is 11.7 Å². The summed E-state index contributed by atoms with van der Waals surface area (Å²) >= 11 is 5.85. The summed E-state index contributed by atoms with van der Waals surface area (Å²) in [5.74, 6) is -0.636. The van der Waals surface area contributed by atoms with Gasteiger partial charge in [-0.3, -0.25) is 0 Å². The van der Waals surface area contributed by atoms with Gasteiger partial charge in [0.1, 0.15) is 5.82 Å². The highest BCUT2D eigenvalue weighted by Crippen LogP contribution is 2.35. The molecule has 2 atom stereocenters. The zero-order valence-corrected chi connectivity index (χ0v) is 12.9. The van der Waals surface area contributed by atoms with Crippen LogP contribution in [0.5, 0.6) is 0 Å². The number of rotatable bonds is 5. The SMILES string of the molecule is NCCO[C@@H](c1cccc(Cl)c1F)C1CCCN(C(=O)O)C1. The molecule has 7 heteroatoms. The smallest absolute Gasteiger partial charge is 0.407 e.